The molecule has 1 aliphatic heterocycles. The Balaban J connectivity index is 1.59. The van der Waals surface area contributed by atoms with Gasteiger partial charge < -0.3 is 10.1 Å². The van der Waals surface area contributed by atoms with E-state index in [1.54, 1.807) is 25.1 Å². The summed E-state index contributed by atoms with van der Waals surface area (Å²) in [5.74, 6) is 0.394. The Morgan fingerprint density at radius 3 is 2.77 bits per heavy atom. The minimum absolute atomic E-state index is 0.190. The van der Waals surface area contributed by atoms with Crippen LogP contribution in [0.15, 0.2) is 46.9 Å². The Labute approximate surface area is 167 Å². The van der Waals surface area contributed by atoms with Gasteiger partial charge in [0.2, 0.25) is 0 Å². The number of hydrogen-bond acceptors (Lipinski definition) is 3. The highest BCUT2D eigenvalue weighted by Crippen LogP contribution is 2.29. The molecule has 1 aliphatic rings. The normalized spacial score (nSPS) is 15.7. The molecule has 6 heteroatoms. The maximum atomic E-state index is 12.5. The van der Waals surface area contributed by atoms with Gasteiger partial charge in [0, 0.05) is 17.3 Å². The lowest BCUT2D eigenvalue weighted by molar-refractivity contribution is -0.122. The third-order valence-electron chi connectivity index (χ3n) is 4.37. The lowest BCUT2D eigenvalue weighted by Gasteiger charge is -2.17. The average Bonchev–Trinajstić information content (AvgIpc) is 3.10. The van der Waals surface area contributed by atoms with Gasteiger partial charge in [0.25, 0.3) is 5.91 Å². The van der Waals surface area contributed by atoms with E-state index in [9.17, 15) is 4.79 Å². The highest BCUT2D eigenvalue weighted by molar-refractivity contribution is 9.10. The fourth-order valence-electron chi connectivity index (χ4n) is 3.01. The number of anilines is 1. The Bertz CT molecular complexity index is 778. The molecule has 0 aliphatic carbocycles. The van der Waals surface area contributed by atoms with Crippen molar-refractivity contribution in [1.29, 1.82) is 0 Å². The van der Waals surface area contributed by atoms with Gasteiger partial charge in [-0.25, -0.2) is 0 Å². The first-order valence-corrected chi connectivity index (χ1v) is 9.92. The van der Waals surface area contributed by atoms with Crippen molar-refractivity contribution in [2.24, 2.45) is 0 Å². The van der Waals surface area contributed by atoms with Crippen molar-refractivity contribution in [3.05, 3.63) is 57.5 Å². The van der Waals surface area contributed by atoms with E-state index in [4.69, 9.17) is 16.3 Å². The Hall–Kier alpha value is -1.56. The summed E-state index contributed by atoms with van der Waals surface area (Å²) in [7, 11) is 0. The molecule has 1 amide bonds. The highest BCUT2D eigenvalue weighted by Gasteiger charge is 2.17. The summed E-state index contributed by atoms with van der Waals surface area (Å²) in [6.45, 7) is 4.95. The Kier molecular flexibility index (Phi) is 6.57. The van der Waals surface area contributed by atoms with Crippen molar-refractivity contribution in [3.63, 3.8) is 0 Å². The van der Waals surface area contributed by atoms with E-state index in [1.165, 1.54) is 18.4 Å². The molecule has 0 radical (unpaired) electrons. The minimum atomic E-state index is -0.630. The standard InChI is InChI=1S/C20H22BrClN2O2/c1-14(26-19-8-7-16(22)12-18(19)21)20(25)23-17-6-4-5-15(11-17)13-24-9-2-3-10-24/h4-8,11-12,14H,2-3,9-10,13H2,1H3,(H,23,25). The molecule has 0 aromatic heterocycles. The molecule has 1 unspecified atom stereocenters. The first kappa shape index (κ1) is 19.2. The van der Waals surface area contributed by atoms with Crippen molar-refractivity contribution in [1.82, 2.24) is 4.90 Å². The van der Waals surface area contributed by atoms with E-state index in [0.29, 0.717) is 10.8 Å². The minimum Gasteiger partial charge on any atom is -0.480 e. The van der Waals surface area contributed by atoms with Crippen LogP contribution in [0.2, 0.25) is 5.02 Å². The molecule has 0 spiro atoms. The summed E-state index contributed by atoms with van der Waals surface area (Å²) in [4.78, 5) is 14.9. The molecule has 26 heavy (non-hydrogen) atoms. The smallest absolute Gasteiger partial charge is 0.265 e. The third kappa shape index (κ3) is 5.22. The van der Waals surface area contributed by atoms with Crippen molar-refractivity contribution in [2.75, 3.05) is 18.4 Å². The molecule has 1 saturated heterocycles. The second-order valence-electron chi connectivity index (χ2n) is 6.51. The molecule has 3 rings (SSSR count). The monoisotopic (exact) mass is 436 g/mol. The molecule has 2 aromatic rings. The molecular weight excluding hydrogens is 416 g/mol. The van der Waals surface area contributed by atoms with Crippen LogP contribution in [-0.4, -0.2) is 30.0 Å². The van der Waals surface area contributed by atoms with E-state index in [2.05, 4.69) is 32.2 Å². The molecule has 2 aromatic carbocycles. The molecule has 1 heterocycles. The van der Waals surface area contributed by atoms with E-state index in [-0.39, 0.29) is 5.91 Å². The van der Waals surface area contributed by atoms with Crippen molar-refractivity contribution in [3.8, 4) is 5.75 Å². The van der Waals surface area contributed by atoms with Crippen LogP contribution in [-0.2, 0) is 11.3 Å². The van der Waals surface area contributed by atoms with Crippen LogP contribution in [0.3, 0.4) is 0 Å². The number of nitrogens with one attached hydrogen (secondary N) is 1. The van der Waals surface area contributed by atoms with Gasteiger partial charge in [0.1, 0.15) is 5.75 Å². The maximum Gasteiger partial charge on any atom is 0.265 e. The number of likely N-dealkylation sites (tertiary alicyclic amines) is 1. The van der Waals surface area contributed by atoms with Crippen LogP contribution < -0.4 is 10.1 Å². The van der Waals surface area contributed by atoms with Crippen molar-refractivity contribution < 1.29 is 9.53 Å². The summed E-state index contributed by atoms with van der Waals surface area (Å²) >= 11 is 9.33. The second kappa shape index (κ2) is 8.89. The number of benzene rings is 2. The molecule has 138 valence electrons. The summed E-state index contributed by atoms with van der Waals surface area (Å²) in [5.41, 5.74) is 2.00. The Morgan fingerprint density at radius 2 is 2.04 bits per heavy atom. The van der Waals surface area contributed by atoms with E-state index in [0.717, 1.165) is 29.8 Å². The predicted molar refractivity (Wildman–Crippen MR) is 109 cm³/mol. The molecule has 1 atom stereocenters. The van der Waals surface area contributed by atoms with Crippen LogP contribution in [0.4, 0.5) is 5.69 Å². The Morgan fingerprint density at radius 1 is 1.27 bits per heavy atom. The number of nitrogens with zero attached hydrogens (tertiary/aromatic N) is 1. The zero-order valence-corrected chi connectivity index (χ0v) is 17.0. The van der Waals surface area contributed by atoms with Crippen molar-refractivity contribution in [2.45, 2.75) is 32.4 Å². The second-order valence-corrected chi connectivity index (χ2v) is 7.80. The van der Waals surface area contributed by atoms with Gasteiger partial charge in [-0.1, -0.05) is 23.7 Å². The highest BCUT2D eigenvalue weighted by atomic mass is 79.9. The number of carbonyl (C=O) groups excluding carboxylic acids is 1. The SMILES string of the molecule is CC(Oc1ccc(Cl)cc1Br)C(=O)Nc1cccc(CN2CCCC2)c1. The predicted octanol–water partition coefficient (Wildman–Crippen LogP) is 5.10. The zero-order valence-electron chi connectivity index (χ0n) is 14.7. The van der Waals surface area contributed by atoms with E-state index in [1.807, 2.05) is 18.2 Å². The number of ether oxygens (including phenoxy) is 1. The van der Waals surface area contributed by atoms with Crippen LogP contribution in [0.1, 0.15) is 25.3 Å². The number of carbonyl (C=O) groups is 1. The summed E-state index contributed by atoms with van der Waals surface area (Å²) in [6.07, 6.45) is 1.91. The quantitative estimate of drug-likeness (QED) is 0.683. The van der Waals surface area contributed by atoms with Gasteiger partial charge in [0.15, 0.2) is 6.10 Å². The molecule has 0 bridgehead atoms. The van der Waals surface area contributed by atoms with Crippen LogP contribution >= 0.6 is 27.5 Å². The average molecular weight is 438 g/mol. The fourth-order valence-corrected chi connectivity index (χ4v) is 3.78. The summed E-state index contributed by atoms with van der Waals surface area (Å²) < 4.78 is 6.47. The zero-order chi connectivity index (χ0) is 18.5. The maximum absolute atomic E-state index is 12.5. The number of hydrogen-bond donors (Lipinski definition) is 1. The lowest BCUT2D eigenvalue weighted by atomic mass is 10.2. The number of halogens is 2. The largest absolute Gasteiger partial charge is 0.480 e. The number of rotatable bonds is 6. The van der Waals surface area contributed by atoms with Gasteiger partial charge >= 0.3 is 0 Å². The first-order chi connectivity index (χ1) is 12.5. The topological polar surface area (TPSA) is 41.6 Å². The van der Waals surface area contributed by atoms with Gasteiger partial charge in [-0.05, 0) is 84.7 Å². The molecule has 1 fully saturated rings. The first-order valence-electron chi connectivity index (χ1n) is 8.75. The summed E-state index contributed by atoms with van der Waals surface area (Å²) in [6, 6.07) is 13.2. The van der Waals surface area contributed by atoms with Crippen LogP contribution in [0.25, 0.3) is 0 Å². The van der Waals surface area contributed by atoms with E-state index < -0.39 is 6.10 Å². The third-order valence-corrected chi connectivity index (χ3v) is 5.22. The van der Waals surface area contributed by atoms with Gasteiger partial charge in [0.05, 0.1) is 4.47 Å². The molecule has 0 saturated carbocycles. The van der Waals surface area contributed by atoms with E-state index >= 15 is 0 Å². The lowest BCUT2D eigenvalue weighted by Crippen LogP contribution is -2.30. The molecule has 1 N–H and O–H groups in total. The van der Waals surface area contributed by atoms with Crippen LogP contribution in [0.5, 0.6) is 5.75 Å². The van der Waals surface area contributed by atoms with Gasteiger partial charge in [-0.3, -0.25) is 9.69 Å². The van der Waals surface area contributed by atoms with Crippen LogP contribution in [0, 0.1) is 0 Å². The van der Waals surface area contributed by atoms with Crippen molar-refractivity contribution >= 4 is 39.1 Å². The molecule has 4 nitrogen and oxygen atoms in total. The van der Waals surface area contributed by atoms with Gasteiger partial charge in [-0.2, -0.15) is 0 Å². The van der Waals surface area contributed by atoms with Gasteiger partial charge in [-0.15, -0.1) is 0 Å². The number of amides is 1. The molecular formula is C20H22BrClN2O2. The summed E-state index contributed by atoms with van der Waals surface area (Å²) in [5, 5.41) is 3.54. The fraction of sp³-hybridized carbons (Fsp3) is 0.350.